The highest BCUT2D eigenvalue weighted by molar-refractivity contribution is 4.71. The molecule has 2 rings (SSSR count). The van der Waals surface area contributed by atoms with Crippen molar-refractivity contribution in [1.82, 2.24) is 10.6 Å². The van der Waals surface area contributed by atoms with E-state index in [1.54, 1.807) is 0 Å². The van der Waals surface area contributed by atoms with Crippen LogP contribution in [0.25, 0.3) is 0 Å². The van der Waals surface area contributed by atoms with Gasteiger partial charge in [0.15, 0.2) is 0 Å². The SMILES string of the molecule is C1CCCC(NCCOC2CCNCC2)CC1. The molecule has 0 unspecified atom stereocenters. The minimum atomic E-state index is 0.507. The summed E-state index contributed by atoms with van der Waals surface area (Å²) in [5, 5.41) is 7.03. The molecular weight excluding hydrogens is 212 g/mol. The molecule has 0 aromatic carbocycles. The summed E-state index contributed by atoms with van der Waals surface area (Å²) >= 11 is 0. The summed E-state index contributed by atoms with van der Waals surface area (Å²) in [6.07, 6.45) is 11.3. The monoisotopic (exact) mass is 240 g/mol. The summed E-state index contributed by atoms with van der Waals surface area (Å²) in [5.41, 5.74) is 0. The predicted molar refractivity (Wildman–Crippen MR) is 71.3 cm³/mol. The van der Waals surface area contributed by atoms with Crippen LogP contribution in [-0.2, 0) is 4.74 Å². The van der Waals surface area contributed by atoms with Crippen molar-refractivity contribution >= 4 is 0 Å². The van der Waals surface area contributed by atoms with Gasteiger partial charge in [-0.3, -0.25) is 0 Å². The molecular formula is C14H28N2O. The molecule has 0 amide bonds. The molecule has 1 saturated heterocycles. The highest BCUT2D eigenvalue weighted by Crippen LogP contribution is 2.17. The van der Waals surface area contributed by atoms with Gasteiger partial charge in [-0.15, -0.1) is 0 Å². The third-order valence-corrected chi connectivity index (χ3v) is 4.03. The van der Waals surface area contributed by atoms with Gasteiger partial charge in [0.2, 0.25) is 0 Å². The number of ether oxygens (including phenoxy) is 1. The molecule has 100 valence electrons. The second-order valence-corrected chi connectivity index (χ2v) is 5.46. The van der Waals surface area contributed by atoms with Crippen LogP contribution in [0.3, 0.4) is 0 Å². The molecule has 2 N–H and O–H groups in total. The van der Waals surface area contributed by atoms with Gasteiger partial charge in [-0.2, -0.15) is 0 Å². The van der Waals surface area contributed by atoms with Crippen LogP contribution in [0.1, 0.15) is 51.4 Å². The largest absolute Gasteiger partial charge is 0.377 e. The lowest BCUT2D eigenvalue weighted by atomic mass is 10.1. The molecule has 0 atom stereocenters. The second-order valence-electron chi connectivity index (χ2n) is 5.46. The van der Waals surface area contributed by atoms with E-state index in [-0.39, 0.29) is 0 Å². The van der Waals surface area contributed by atoms with Crippen molar-refractivity contribution in [1.29, 1.82) is 0 Å². The zero-order valence-corrected chi connectivity index (χ0v) is 11.0. The van der Waals surface area contributed by atoms with E-state index in [2.05, 4.69) is 10.6 Å². The molecule has 1 aliphatic heterocycles. The van der Waals surface area contributed by atoms with Crippen LogP contribution < -0.4 is 10.6 Å². The van der Waals surface area contributed by atoms with Crippen molar-refractivity contribution < 1.29 is 4.74 Å². The molecule has 17 heavy (non-hydrogen) atoms. The van der Waals surface area contributed by atoms with Crippen LogP contribution in [0.2, 0.25) is 0 Å². The summed E-state index contributed by atoms with van der Waals surface area (Å²) in [4.78, 5) is 0. The average Bonchev–Trinajstić information content (AvgIpc) is 2.65. The van der Waals surface area contributed by atoms with Gasteiger partial charge < -0.3 is 15.4 Å². The molecule has 1 heterocycles. The third-order valence-electron chi connectivity index (χ3n) is 4.03. The van der Waals surface area contributed by atoms with Crippen LogP contribution in [-0.4, -0.2) is 38.4 Å². The van der Waals surface area contributed by atoms with Gasteiger partial charge in [0.1, 0.15) is 0 Å². The lowest BCUT2D eigenvalue weighted by Gasteiger charge is -2.23. The smallest absolute Gasteiger partial charge is 0.0600 e. The van der Waals surface area contributed by atoms with E-state index in [1.165, 1.54) is 51.4 Å². The Morgan fingerprint density at radius 2 is 1.65 bits per heavy atom. The topological polar surface area (TPSA) is 33.3 Å². The fraction of sp³-hybridized carbons (Fsp3) is 1.00. The molecule has 2 aliphatic rings. The standard InChI is InChI=1S/C14H28N2O/c1-2-4-6-13(5-3-1)16-11-12-17-14-7-9-15-10-8-14/h13-16H,1-12H2. The van der Waals surface area contributed by atoms with Crippen molar-refractivity contribution in [2.24, 2.45) is 0 Å². The van der Waals surface area contributed by atoms with E-state index in [0.717, 1.165) is 32.3 Å². The van der Waals surface area contributed by atoms with Crippen molar-refractivity contribution in [3.05, 3.63) is 0 Å². The Bertz CT molecular complexity index is 185. The Morgan fingerprint density at radius 3 is 2.35 bits per heavy atom. The first-order valence-electron chi connectivity index (χ1n) is 7.51. The second kappa shape index (κ2) is 8.06. The van der Waals surface area contributed by atoms with Crippen LogP contribution in [0.4, 0.5) is 0 Å². The number of piperidine rings is 1. The minimum absolute atomic E-state index is 0.507. The predicted octanol–water partition coefficient (Wildman–Crippen LogP) is 2.07. The number of hydrogen-bond acceptors (Lipinski definition) is 3. The maximum absolute atomic E-state index is 5.90. The van der Waals surface area contributed by atoms with E-state index in [9.17, 15) is 0 Å². The molecule has 0 radical (unpaired) electrons. The number of hydrogen-bond donors (Lipinski definition) is 2. The van der Waals surface area contributed by atoms with E-state index in [1.807, 2.05) is 0 Å². The Labute approximate surface area is 106 Å². The maximum atomic E-state index is 5.90. The molecule has 0 aromatic heterocycles. The summed E-state index contributed by atoms with van der Waals surface area (Å²) < 4.78 is 5.90. The summed E-state index contributed by atoms with van der Waals surface area (Å²) in [7, 11) is 0. The molecule has 1 saturated carbocycles. The van der Waals surface area contributed by atoms with Crippen molar-refractivity contribution in [2.75, 3.05) is 26.2 Å². The van der Waals surface area contributed by atoms with Gasteiger partial charge in [0, 0.05) is 12.6 Å². The van der Waals surface area contributed by atoms with Gasteiger partial charge in [-0.25, -0.2) is 0 Å². The van der Waals surface area contributed by atoms with Crippen molar-refractivity contribution in [2.45, 2.75) is 63.5 Å². The number of nitrogens with one attached hydrogen (secondary N) is 2. The zero-order chi connectivity index (χ0) is 11.8. The molecule has 2 fully saturated rings. The first-order chi connectivity index (χ1) is 8.45. The maximum Gasteiger partial charge on any atom is 0.0600 e. The summed E-state index contributed by atoms with van der Waals surface area (Å²) in [6.45, 7) is 4.18. The first kappa shape index (κ1) is 13.3. The quantitative estimate of drug-likeness (QED) is 0.570. The van der Waals surface area contributed by atoms with Gasteiger partial charge in [-0.1, -0.05) is 25.7 Å². The molecule has 0 bridgehead atoms. The third kappa shape index (κ3) is 5.36. The Hall–Kier alpha value is -0.120. The van der Waals surface area contributed by atoms with Crippen LogP contribution in [0.5, 0.6) is 0 Å². The normalized spacial score (nSPS) is 24.7. The lowest BCUT2D eigenvalue weighted by molar-refractivity contribution is 0.0337. The molecule has 3 nitrogen and oxygen atoms in total. The van der Waals surface area contributed by atoms with Crippen LogP contribution in [0.15, 0.2) is 0 Å². The van der Waals surface area contributed by atoms with E-state index >= 15 is 0 Å². The molecule has 0 aromatic rings. The zero-order valence-electron chi connectivity index (χ0n) is 11.0. The van der Waals surface area contributed by atoms with Crippen molar-refractivity contribution in [3.8, 4) is 0 Å². The minimum Gasteiger partial charge on any atom is -0.377 e. The molecule has 3 heteroatoms. The van der Waals surface area contributed by atoms with Gasteiger partial charge >= 0.3 is 0 Å². The van der Waals surface area contributed by atoms with Crippen LogP contribution in [0, 0.1) is 0 Å². The number of rotatable bonds is 5. The fourth-order valence-electron chi connectivity index (χ4n) is 2.93. The van der Waals surface area contributed by atoms with Crippen molar-refractivity contribution in [3.63, 3.8) is 0 Å². The average molecular weight is 240 g/mol. The van der Waals surface area contributed by atoms with Gasteiger partial charge in [-0.05, 0) is 38.8 Å². The summed E-state index contributed by atoms with van der Waals surface area (Å²) in [6, 6.07) is 0.758. The highest BCUT2D eigenvalue weighted by atomic mass is 16.5. The van der Waals surface area contributed by atoms with E-state index < -0.39 is 0 Å². The Morgan fingerprint density at radius 1 is 0.941 bits per heavy atom. The first-order valence-corrected chi connectivity index (χ1v) is 7.51. The molecule has 0 spiro atoms. The van der Waals surface area contributed by atoms with E-state index in [0.29, 0.717) is 6.10 Å². The Kier molecular flexibility index (Phi) is 6.32. The summed E-state index contributed by atoms with van der Waals surface area (Å²) in [5.74, 6) is 0. The fourth-order valence-corrected chi connectivity index (χ4v) is 2.93. The Balaban J connectivity index is 1.49. The van der Waals surface area contributed by atoms with Crippen LogP contribution >= 0.6 is 0 Å². The highest BCUT2D eigenvalue weighted by Gasteiger charge is 2.14. The lowest BCUT2D eigenvalue weighted by Crippen LogP contribution is -2.36. The van der Waals surface area contributed by atoms with Gasteiger partial charge in [0.25, 0.3) is 0 Å². The molecule has 1 aliphatic carbocycles. The van der Waals surface area contributed by atoms with E-state index in [4.69, 9.17) is 4.74 Å². The van der Waals surface area contributed by atoms with Gasteiger partial charge in [0.05, 0.1) is 12.7 Å².